The van der Waals surface area contributed by atoms with E-state index in [9.17, 15) is 4.79 Å². The van der Waals surface area contributed by atoms with Crippen molar-refractivity contribution in [3.8, 4) is 6.07 Å². The number of nitrogens with zero attached hydrogens (tertiary/aromatic N) is 2. The third kappa shape index (κ3) is 4.03. The van der Waals surface area contributed by atoms with E-state index in [0.717, 1.165) is 35.9 Å². The Bertz CT molecular complexity index is 748. The van der Waals surface area contributed by atoms with Crippen LogP contribution in [0.15, 0.2) is 42.5 Å². The lowest BCUT2D eigenvalue weighted by Crippen LogP contribution is -2.40. The van der Waals surface area contributed by atoms with Crippen LogP contribution in [0.2, 0.25) is 0 Å². The van der Waals surface area contributed by atoms with Gasteiger partial charge in [-0.1, -0.05) is 30.3 Å². The van der Waals surface area contributed by atoms with E-state index in [1.54, 1.807) is 4.90 Å². The first-order valence-corrected chi connectivity index (χ1v) is 8.29. The Morgan fingerprint density at radius 1 is 1.29 bits per heavy atom. The van der Waals surface area contributed by atoms with E-state index in [1.807, 2.05) is 42.5 Å². The molecule has 2 aromatic carbocycles. The lowest BCUT2D eigenvalue weighted by molar-refractivity contribution is 0.0841. The molecule has 5 nitrogen and oxygen atoms in total. The van der Waals surface area contributed by atoms with E-state index in [4.69, 9.17) is 10.00 Å². The Morgan fingerprint density at radius 2 is 2.12 bits per heavy atom. The quantitative estimate of drug-likeness (QED) is 0.911. The van der Waals surface area contributed by atoms with Crippen molar-refractivity contribution >= 4 is 22.5 Å². The third-order valence-electron chi connectivity index (χ3n) is 4.23. The van der Waals surface area contributed by atoms with E-state index in [1.165, 1.54) is 0 Å². The second kappa shape index (κ2) is 7.80. The number of nitrogens with one attached hydrogen (secondary N) is 1. The Morgan fingerprint density at radius 3 is 2.88 bits per heavy atom. The number of anilines is 1. The van der Waals surface area contributed by atoms with Crippen molar-refractivity contribution in [3.63, 3.8) is 0 Å². The standard InChI is InChI=1S/C19H21N3O2/c20-10-4-11-22(14-18-7-3-12-24-18)19(23)21-17-9-8-15-5-1-2-6-16(15)13-17/h1-2,5-6,8-9,13,18H,3-4,7,11-12,14H2,(H,21,23). The highest BCUT2D eigenvalue weighted by Gasteiger charge is 2.22. The monoisotopic (exact) mass is 323 g/mol. The van der Waals surface area contributed by atoms with Crippen LogP contribution < -0.4 is 5.32 Å². The van der Waals surface area contributed by atoms with E-state index in [-0.39, 0.29) is 12.1 Å². The van der Waals surface area contributed by atoms with Gasteiger partial charge >= 0.3 is 6.03 Å². The molecule has 2 amide bonds. The number of amides is 2. The molecule has 1 atom stereocenters. The average molecular weight is 323 g/mol. The van der Waals surface area contributed by atoms with Gasteiger partial charge in [-0.2, -0.15) is 5.26 Å². The molecule has 0 saturated carbocycles. The number of ether oxygens (including phenoxy) is 1. The number of carbonyl (C=O) groups is 1. The lowest BCUT2D eigenvalue weighted by Gasteiger charge is -2.25. The second-order valence-corrected chi connectivity index (χ2v) is 5.98. The zero-order chi connectivity index (χ0) is 16.8. The lowest BCUT2D eigenvalue weighted by atomic mass is 10.1. The fourth-order valence-corrected chi connectivity index (χ4v) is 2.96. The van der Waals surface area contributed by atoms with Gasteiger partial charge in [0.1, 0.15) is 0 Å². The maximum absolute atomic E-state index is 12.6. The van der Waals surface area contributed by atoms with Gasteiger partial charge in [-0.25, -0.2) is 4.79 Å². The van der Waals surface area contributed by atoms with Crippen LogP contribution in [0.5, 0.6) is 0 Å². The number of carbonyl (C=O) groups excluding carboxylic acids is 1. The summed E-state index contributed by atoms with van der Waals surface area (Å²) < 4.78 is 5.62. The highest BCUT2D eigenvalue weighted by atomic mass is 16.5. The van der Waals surface area contributed by atoms with Gasteiger partial charge in [0.25, 0.3) is 0 Å². The maximum Gasteiger partial charge on any atom is 0.321 e. The van der Waals surface area contributed by atoms with Crippen LogP contribution in [0.4, 0.5) is 10.5 Å². The molecule has 0 aliphatic carbocycles. The molecule has 0 spiro atoms. The number of rotatable bonds is 5. The molecule has 0 bridgehead atoms. The molecule has 1 heterocycles. The number of nitriles is 1. The van der Waals surface area contributed by atoms with Gasteiger partial charge in [-0.3, -0.25) is 0 Å². The molecule has 5 heteroatoms. The van der Waals surface area contributed by atoms with Crippen molar-refractivity contribution < 1.29 is 9.53 Å². The number of hydrogen-bond acceptors (Lipinski definition) is 3. The third-order valence-corrected chi connectivity index (χ3v) is 4.23. The molecule has 2 aromatic rings. The van der Waals surface area contributed by atoms with Gasteiger partial charge in [0.05, 0.1) is 18.6 Å². The molecule has 3 rings (SSSR count). The van der Waals surface area contributed by atoms with Crippen LogP contribution in [0, 0.1) is 11.3 Å². The van der Waals surface area contributed by atoms with Crippen LogP contribution in [0.25, 0.3) is 10.8 Å². The van der Waals surface area contributed by atoms with Crippen molar-refractivity contribution in [2.45, 2.75) is 25.4 Å². The number of benzene rings is 2. The first-order valence-electron chi connectivity index (χ1n) is 8.29. The molecule has 1 aliphatic rings. The van der Waals surface area contributed by atoms with Gasteiger partial charge in [-0.15, -0.1) is 0 Å². The maximum atomic E-state index is 12.6. The summed E-state index contributed by atoms with van der Waals surface area (Å²) in [7, 11) is 0. The normalized spacial score (nSPS) is 16.7. The van der Waals surface area contributed by atoms with E-state index in [2.05, 4.69) is 11.4 Å². The topological polar surface area (TPSA) is 65.4 Å². The highest BCUT2D eigenvalue weighted by Crippen LogP contribution is 2.20. The van der Waals surface area contributed by atoms with Crippen LogP contribution in [0.3, 0.4) is 0 Å². The molecule has 0 radical (unpaired) electrons. The minimum absolute atomic E-state index is 0.0750. The summed E-state index contributed by atoms with van der Waals surface area (Å²) in [4.78, 5) is 14.3. The molecular weight excluding hydrogens is 302 g/mol. The number of hydrogen-bond donors (Lipinski definition) is 1. The minimum Gasteiger partial charge on any atom is -0.376 e. The van der Waals surface area contributed by atoms with Crippen molar-refractivity contribution in [1.82, 2.24) is 4.90 Å². The summed E-state index contributed by atoms with van der Waals surface area (Å²) in [6.07, 6.45) is 2.39. The molecule has 1 unspecified atom stereocenters. The molecule has 1 saturated heterocycles. The van der Waals surface area contributed by atoms with E-state index in [0.29, 0.717) is 19.5 Å². The van der Waals surface area contributed by atoms with Crippen molar-refractivity contribution in [1.29, 1.82) is 5.26 Å². The zero-order valence-corrected chi connectivity index (χ0v) is 13.6. The second-order valence-electron chi connectivity index (χ2n) is 5.98. The first kappa shape index (κ1) is 16.3. The Balaban J connectivity index is 1.69. The van der Waals surface area contributed by atoms with Crippen LogP contribution in [-0.4, -0.2) is 36.7 Å². The largest absolute Gasteiger partial charge is 0.376 e. The van der Waals surface area contributed by atoms with Crippen molar-refractivity contribution in [2.75, 3.05) is 25.0 Å². The molecule has 1 fully saturated rings. The SMILES string of the molecule is N#CCCN(CC1CCCO1)C(=O)Nc1ccc2ccccc2c1. The Labute approximate surface area is 141 Å². The van der Waals surface area contributed by atoms with E-state index >= 15 is 0 Å². The van der Waals surface area contributed by atoms with Gasteiger partial charge in [0.15, 0.2) is 0 Å². The molecule has 1 N–H and O–H groups in total. The van der Waals surface area contributed by atoms with Gasteiger partial charge in [0, 0.05) is 25.4 Å². The summed E-state index contributed by atoms with van der Waals surface area (Å²) in [5.41, 5.74) is 0.757. The van der Waals surface area contributed by atoms with Gasteiger partial charge < -0.3 is 15.0 Å². The fourth-order valence-electron chi connectivity index (χ4n) is 2.96. The summed E-state index contributed by atoms with van der Waals surface area (Å²) >= 11 is 0. The fraction of sp³-hybridized carbons (Fsp3) is 0.368. The average Bonchev–Trinajstić information content (AvgIpc) is 3.11. The van der Waals surface area contributed by atoms with Crippen LogP contribution in [-0.2, 0) is 4.74 Å². The highest BCUT2D eigenvalue weighted by molar-refractivity contribution is 5.93. The molecule has 24 heavy (non-hydrogen) atoms. The molecule has 124 valence electrons. The predicted octanol–water partition coefficient (Wildman–Crippen LogP) is 3.77. The molecule has 1 aliphatic heterocycles. The number of fused-ring (bicyclic) bond motifs is 1. The van der Waals surface area contributed by atoms with E-state index < -0.39 is 0 Å². The summed E-state index contributed by atoms with van der Waals surface area (Å²) in [5.74, 6) is 0. The van der Waals surface area contributed by atoms with Gasteiger partial charge in [0.2, 0.25) is 0 Å². The predicted molar refractivity (Wildman–Crippen MR) is 93.7 cm³/mol. The van der Waals surface area contributed by atoms with Gasteiger partial charge in [-0.05, 0) is 35.7 Å². The number of urea groups is 1. The van der Waals surface area contributed by atoms with Crippen molar-refractivity contribution in [3.05, 3.63) is 42.5 Å². The summed E-state index contributed by atoms with van der Waals surface area (Å²) in [6, 6.07) is 15.8. The summed E-state index contributed by atoms with van der Waals surface area (Å²) in [6.45, 7) is 1.69. The summed E-state index contributed by atoms with van der Waals surface area (Å²) in [5, 5.41) is 14.0. The molecular formula is C19H21N3O2. The zero-order valence-electron chi connectivity index (χ0n) is 13.6. The minimum atomic E-state index is -0.184. The first-order chi connectivity index (χ1) is 11.8. The van der Waals surface area contributed by atoms with Crippen LogP contribution >= 0.6 is 0 Å². The Hall–Kier alpha value is -2.58. The molecule has 0 aromatic heterocycles. The smallest absolute Gasteiger partial charge is 0.321 e. The van der Waals surface area contributed by atoms with Crippen LogP contribution in [0.1, 0.15) is 19.3 Å². The van der Waals surface area contributed by atoms with Crippen molar-refractivity contribution in [2.24, 2.45) is 0 Å². The Kier molecular flexibility index (Phi) is 5.29.